The van der Waals surface area contributed by atoms with Gasteiger partial charge in [-0.1, -0.05) is 6.92 Å². The third-order valence-electron chi connectivity index (χ3n) is 2.88. The van der Waals surface area contributed by atoms with Gasteiger partial charge in [-0.3, -0.25) is 4.79 Å². The van der Waals surface area contributed by atoms with Gasteiger partial charge in [0.05, 0.1) is 18.1 Å². The molecule has 0 aliphatic carbocycles. The van der Waals surface area contributed by atoms with Crippen molar-refractivity contribution in [3.8, 4) is 0 Å². The average Bonchev–Trinajstić information content (AvgIpc) is 2.53. The monoisotopic (exact) mass is 155 g/mol. The van der Waals surface area contributed by atoms with E-state index in [1.165, 1.54) is 0 Å². The third-order valence-corrected chi connectivity index (χ3v) is 2.88. The summed E-state index contributed by atoms with van der Waals surface area (Å²) in [7, 11) is 0. The summed E-state index contributed by atoms with van der Waals surface area (Å²) in [5.74, 6) is -0.0275. The standard InChI is InChI=1S/C8H13NO2/c1-5-7(10)6-3-2-4-9(6)8(5)11/h5-7,10H,2-4H2,1H3/t5-,6+,7-/m1/s1. The van der Waals surface area contributed by atoms with Crippen LogP contribution in [-0.2, 0) is 4.79 Å². The van der Waals surface area contributed by atoms with Crippen molar-refractivity contribution in [2.75, 3.05) is 6.54 Å². The molecule has 2 aliphatic rings. The van der Waals surface area contributed by atoms with Crippen molar-refractivity contribution in [1.82, 2.24) is 4.90 Å². The van der Waals surface area contributed by atoms with Gasteiger partial charge in [-0.25, -0.2) is 0 Å². The highest BCUT2D eigenvalue weighted by Crippen LogP contribution is 2.32. The highest BCUT2D eigenvalue weighted by atomic mass is 16.3. The van der Waals surface area contributed by atoms with Crippen LogP contribution in [0.1, 0.15) is 19.8 Å². The van der Waals surface area contributed by atoms with Crippen LogP contribution in [0.2, 0.25) is 0 Å². The number of rotatable bonds is 0. The lowest BCUT2D eigenvalue weighted by atomic mass is 10.0. The van der Waals surface area contributed by atoms with Crippen molar-refractivity contribution in [1.29, 1.82) is 0 Å². The maximum atomic E-state index is 11.4. The maximum Gasteiger partial charge on any atom is 0.228 e. The summed E-state index contributed by atoms with van der Waals surface area (Å²) in [5.41, 5.74) is 0. The second-order valence-electron chi connectivity index (χ2n) is 3.52. The van der Waals surface area contributed by atoms with Gasteiger partial charge in [0, 0.05) is 6.54 Å². The van der Waals surface area contributed by atoms with E-state index in [4.69, 9.17) is 0 Å². The van der Waals surface area contributed by atoms with Crippen molar-refractivity contribution in [2.45, 2.75) is 31.9 Å². The molecule has 62 valence electrons. The second-order valence-corrected chi connectivity index (χ2v) is 3.52. The van der Waals surface area contributed by atoms with E-state index < -0.39 is 6.10 Å². The van der Waals surface area contributed by atoms with Gasteiger partial charge in [-0.05, 0) is 12.8 Å². The first-order chi connectivity index (χ1) is 5.22. The number of fused-ring (bicyclic) bond motifs is 1. The molecular weight excluding hydrogens is 142 g/mol. The minimum absolute atomic E-state index is 0.137. The predicted molar refractivity (Wildman–Crippen MR) is 39.9 cm³/mol. The van der Waals surface area contributed by atoms with Crippen LogP contribution in [0.3, 0.4) is 0 Å². The van der Waals surface area contributed by atoms with Gasteiger partial charge in [0.15, 0.2) is 0 Å². The van der Waals surface area contributed by atoms with E-state index >= 15 is 0 Å². The second kappa shape index (κ2) is 2.21. The minimum atomic E-state index is -0.412. The third kappa shape index (κ3) is 0.805. The Morgan fingerprint density at radius 3 is 3.00 bits per heavy atom. The first-order valence-electron chi connectivity index (χ1n) is 4.20. The smallest absolute Gasteiger partial charge is 0.228 e. The molecule has 0 saturated carbocycles. The van der Waals surface area contributed by atoms with E-state index in [1.807, 2.05) is 11.8 Å². The molecule has 3 nitrogen and oxygen atoms in total. The molecule has 2 saturated heterocycles. The number of carbonyl (C=O) groups is 1. The number of hydrogen-bond donors (Lipinski definition) is 1. The van der Waals surface area contributed by atoms with Gasteiger partial charge in [-0.15, -0.1) is 0 Å². The topological polar surface area (TPSA) is 40.5 Å². The molecule has 1 amide bonds. The van der Waals surface area contributed by atoms with Crippen LogP contribution in [0.4, 0.5) is 0 Å². The lowest BCUT2D eigenvalue weighted by molar-refractivity contribution is -0.130. The number of amides is 1. The Morgan fingerprint density at radius 2 is 2.36 bits per heavy atom. The summed E-state index contributed by atoms with van der Waals surface area (Å²) >= 11 is 0. The first-order valence-corrected chi connectivity index (χ1v) is 4.20. The van der Waals surface area contributed by atoms with Gasteiger partial charge in [0.1, 0.15) is 0 Å². The molecule has 0 aromatic heterocycles. The summed E-state index contributed by atoms with van der Waals surface area (Å²) in [6, 6.07) is 0.137. The quantitative estimate of drug-likeness (QED) is 0.534. The highest BCUT2D eigenvalue weighted by Gasteiger charge is 2.46. The summed E-state index contributed by atoms with van der Waals surface area (Å²) in [5, 5.41) is 9.58. The van der Waals surface area contributed by atoms with Crippen molar-refractivity contribution in [2.24, 2.45) is 5.92 Å². The van der Waals surface area contributed by atoms with Crippen LogP contribution in [-0.4, -0.2) is 34.6 Å². The SMILES string of the molecule is C[C@H]1C(=O)N2CCC[C@H]2[C@@H]1O. The Hall–Kier alpha value is -0.570. The molecule has 0 radical (unpaired) electrons. The molecule has 3 atom stereocenters. The summed E-state index contributed by atoms with van der Waals surface area (Å²) in [6.07, 6.45) is 1.63. The summed E-state index contributed by atoms with van der Waals surface area (Å²) < 4.78 is 0. The molecule has 11 heavy (non-hydrogen) atoms. The molecule has 3 heteroatoms. The summed E-state index contributed by atoms with van der Waals surface area (Å²) in [6.45, 7) is 2.66. The molecule has 2 rings (SSSR count). The molecule has 2 fully saturated rings. The summed E-state index contributed by atoms with van der Waals surface area (Å²) in [4.78, 5) is 13.2. The lowest BCUT2D eigenvalue weighted by Crippen LogP contribution is -2.30. The molecule has 0 unspecified atom stereocenters. The van der Waals surface area contributed by atoms with E-state index in [1.54, 1.807) is 0 Å². The van der Waals surface area contributed by atoms with Crippen LogP contribution in [0.5, 0.6) is 0 Å². The van der Waals surface area contributed by atoms with Crippen molar-refractivity contribution >= 4 is 5.91 Å². The molecular formula is C8H13NO2. The Morgan fingerprint density at radius 1 is 1.64 bits per heavy atom. The zero-order valence-electron chi connectivity index (χ0n) is 6.66. The molecule has 0 aromatic carbocycles. The van der Waals surface area contributed by atoms with E-state index in [2.05, 4.69) is 0 Å². The van der Waals surface area contributed by atoms with Gasteiger partial charge in [-0.2, -0.15) is 0 Å². The number of carbonyl (C=O) groups excluding carboxylic acids is 1. The van der Waals surface area contributed by atoms with Crippen LogP contribution in [0.25, 0.3) is 0 Å². The van der Waals surface area contributed by atoms with Crippen LogP contribution < -0.4 is 0 Å². The molecule has 2 aliphatic heterocycles. The average molecular weight is 155 g/mol. The zero-order valence-corrected chi connectivity index (χ0v) is 6.66. The van der Waals surface area contributed by atoms with Gasteiger partial charge in [0.25, 0.3) is 0 Å². The van der Waals surface area contributed by atoms with E-state index in [0.717, 1.165) is 19.4 Å². The molecule has 1 N–H and O–H groups in total. The predicted octanol–water partition coefficient (Wildman–Crippen LogP) is -0.0120. The van der Waals surface area contributed by atoms with E-state index in [9.17, 15) is 9.90 Å². The number of hydrogen-bond acceptors (Lipinski definition) is 2. The largest absolute Gasteiger partial charge is 0.390 e. The van der Waals surface area contributed by atoms with Gasteiger partial charge < -0.3 is 10.0 Å². The fourth-order valence-electron chi connectivity index (χ4n) is 2.16. The van der Waals surface area contributed by atoms with Gasteiger partial charge in [0.2, 0.25) is 5.91 Å². The Labute approximate surface area is 66.0 Å². The fraction of sp³-hybridized carbons (Fsp3) is 0.875. The Kier molecular flexibility index (Phi) is 1.42. The number of nitrogens with zero attached hydrogens (tertiary/aromatic N) is 1. The molecule has 2 heterocycles. The van der Waals surface area contributed by atoms with Crippen molar-refractivity contribution in [3.05, 3.63) is 0 Å². The first kappa shape index (κ1) is 7.10. The fourth-order valence-corrected chi connectivity index (χ4v) is 2.16. The maximum absolute atomic E-state index is 11.4. The zero-order chi connectivity index (χ0) is 8.01. The number of aliphatic hydroxyl groups is 1. The van der Waals surface area contributed by atoms with E-state index in [0.29, 0.717) is 0 Å². The van der Waals surface area contributed by atoms with Crippen molar-refractivity contribution in [3.63, 3.8) is 0 Å². The highest BCUT2D eigenvalue weighted by molar-refractivity contribution is 5.82. The Balaban J connectivity index is 2.23. The Bertz CT molecular complexity index is 193. The van der Waals surface area contributed by atoms with Crippen molar-refractivity contribution < 1.29 is 9.90 Å². The van der Waals surface area contributed by atoms with Crippen LogP contribution >= 0.6 is 0 Å². The van der Waals surface area contributed by atoms with Crippen LogP contribution in [0.15, 0.2) is 0 Å². The normalized spacial score (nSPS) is 43.3. The number of aliphatic hydroxyl groups excluding tert-OH is 1. The van der Waals surface area contributed by atoms with Crippen LogP contribution in [0, 0.1) is 5.92 Å². The molecule has 0 aromatic rings. The van der Waals surface area contributed by atoms with E-state index in [-0.39, 0.29) is 17.9 Å². The molecule has 0 spiro atoms. The van der Waals surface area contributed by atoms with Gasteiger partial charge >= 0.3 is 0 Å². The minimum Gasteiger partial charge on any atom is -0.390 e. The lowest BCUT2D eigenvalue weighted by Gasteiger charge is -2.15. The molecule has 0 bridgehead atoms.